The second-order valence-electron chi connectivity index (χ2n) is 5.21. The molecule has 142 valence electrons. The number of carbonyl (C=O) groups is 1. The number of nitrogens with zero attached hydrogens (tertiary/aromatic N) is 1. The molecule has 0 radical (unpaired) electrons. The molecule has 27 heavy (non-hydrogen) atoms. The van der Waals surface area contributed by atoms with Crippen molar-refractivity contribution in [3.8, 4) is 17.2 Å². The van der Waals surface area contributed by atoms with Gasteiger partial charge in [-0.3, -0.25) is 10.2 Å². The molecular weight excluding hydrogens is 368 g/mol. The Morgan fingerprint density at radius 1 is 1.15 bits per heavy atom. The van der Waals surface area contributed by atoms with Crippen LogP contribution in [0.2, 0.25) is 0 Å². The largest absolute Gasteiger partial charge is 0.497 e. The van der Waals surface area contributed by atoms with Crippen LogP contribution < -0.4 is 30.7 Å². The van der Waals surface area contributed by atoms with E-state index in [1.165, 1.54) is 13.3 Å². The molecule has 4 N–H and O–H groups in total. The second-order valence-corrected chi connectivity index (χ2v) is 5.65. The van der Waals surface area contributed by atoms with Crippen molar-refractivity contribution in [2.45, 2.75) is 0 Å². The van der Waals surface area contributed by atoms with Crippen molar-refractivity contribution in [3.63, 3.8) is 0 Å². The third-order valence-electron chi connectivity index (χ3n) is 3.31. The van der Waals surface area contributed by atoms with E-state index in [1.54, 1.807) is 49.6 Å². The zero-order valence-electron chi connectivity index (χ0n) is 14.9. The minimum Gasteiger partial charge on any atom is -0.497 e. The number of methoxy groups -OCH3 is 2. The average Bonchev–Trinajstić information content (AvgIpc) is 2.67. The monoisotopic (exact) mass is 388 g/mol. The van der Waals surface area contributed by atoms with Gasteiger partial charge < -0.3 is 25.3 Å². The molecule has 0 aliphatic carbocycles. The van der Waals surface area contributed by atoms with Crippen LogP contribution >= 0.6 is 12.2 Å². The van der Waals surface area contributed by atoms with Crippen molar-refractivity contribution in [1.82, 2.24) is 5.43 Å². The topological polar surface area (TPSA) is 107 Å². The van der Waals surface area contributed by atoms with Crippen LogP contribution in [0.3, 0.4) is 0 Å². The number of hydrogen-bond acceptors (Lipinski definition) is 6. The molecule has 0 unspecified atom stereocenters. The molecule has 0 aliphatic rings. The molecular formula is C18H20N4O4S. The highest BCUT2D eigenvalue weighted by atomic mass is 32.1. The second kappa shape index (κ2) is 9.97. The molecule has 0 heterocycles. The van der Waals surface area contributed by atoms with E-state index in [2.05, 4.69) is 28.1 Å². The van der Waals surface area contributed by atoms with Crippen LogP contribution in [0, 0.1) is 0 Å². The van der Waals surface area contributed by atoms with Gasteiger partial charge in [-0.2, -0.15) is 5.10 Å². The smallest absolute Gasteiger partial charge is 0.262 e. The number of thiocarbonyl (C=S) groups is 1. The molecule has 1 amide bonds. The Morgan fingerprint density at radius 3 is 2.52 bits per heavy atom. The summed E-state index contributed by atoms with van der Waals surface area (Å²) in [5.74, 6) is 1.31. The van der Waals surface area contributed by atoms with Gasteiger partial charge in [-0.05, 0) is 60.2 Å². The van der Waals surface area contributed by atoms with Crippen molar-refractivity contribution in [3.05, 3.63) is 48.0 Å². The molecule has 0 spiro atoms. The van der Waals surface area contributed by atoms with E-state index in [4.69, 9.17) is 19.9 Å². The molecule has 0 fully saturated rings. The van der Waals surface area contributed by atoms with E-state index in [0.717, 1.165) is 5.56 Å². The third-order valence-corrected chi connectivity index (χ3v) is 3.40. The summed E-state index contributed by atoms with van der Waals surface area (Å²) in [6, 6.07) is 12.1. The highest BCUT2D eigenvalue weighted by Crippen LogP contribution is 2.27. The Labute approximate surface area is 162 Å². The summed E-state index contributed by atoms with van der Waals surface area (Å²) in [5, 5.41) is 6.68. The maximum absolute atomic E-state index is 12.1. The Kier molecular flexibility index (Phi) is 7.38. The first-order valence-electron chi connectivity index (χ1n) is 7.85. The molecule has 2 aromatic carbocycles. The van der Waals surface area contributed by atoms with Crippen molar-refractivity contribution in [2.75, 3.05) is 26.1 Å². The van der Waals surface area contributed by atoms with Crippen LogP contribution in [0.25, 0.3) is 0 Å². The lowest BCUT2D eigenvalue weighted by Crippen LogP contribution is -2.24. The van der Waals surface area contributed by atoms with Gasteiger partial charge in [0.15, 0.2) is 23.2 Å². The standard InChI is InChI=1S/C18H20N4O4S/c1-24-14-6-4-13(5-7-14)21-17(23)11-26-15-8-3-12(9-16(15)25-2)10-20-22-18(19)27/h3-10H,11H2,1-2H3,(H,21,23)(H3,19,22,27). The third kappa shape index (κ3) is 6.48. The molecule has 0 saturated heterocycles. The van der Waals surface area contributed by atoms with Crippen LogP contribution in [0.1, 0.15) is 5.56 Å². The van der Waals surface area contributed by atoms with Gasteiger partial charge in [0.05, 0.1) is 20.4 Å². The highest BCUT2D eigenvalue weighted by Gasteiger charge is 2.09. The summed E-state index contributed by atoms with van der Waals surface area (Å²) in [6.07, 6.45) is 1.53. The van der Waals surface area contributed by atoms with Crippen LogP contribution in [-0.2, 0) is 4.79 Å². The Morgan fingerprint density at radius 2 is 1.89 bits per heavy atom. The number of hydrazone groups is 1. The number of amides is 1. The van der Waals surface area contributed by atoms with Gasteiger partial charge in [-0.1, -0.05) is 0 Å². The first-order chi connectivity index (χ1) is 13.0. The van der Waals surface area contributed by atoms with Crippen LogP contribution in [0.15, 0.2) is 47.6 Å². The van der Waals surface area contributed by atoms with E-state index in [1.807, 2.05) is 0 Å². The zero-order valence-corrected chi connectivity index (χ0v) is 15.7. The molecule has 0 aliphatic heterocycles. The Bertz CT molecular complexity index is 825. The van der Waals surface area contributed by atoms with Gasteiger partial charge >= 0.3 is 0 Å². The van der Waals surface area contributed by atoms with Gasteiger partial charge in [0.1, 0.15) is 5.75 Å². The fraction of sp³-hybridized carbons (Fsp3) is 0.167. The normalized spacial score (nSPS) is 10.3. The van der Waals surface area contributed by atoms with E-state index >= 15 is 0 Å². The summed E-state index contributed by atoms with van der Waals surface area (Å²) in [6.45, 7) is -0.168. The van der Waals surface area contributed by atoms with Crippen LogP contribution in [-0.4, -0.2) is 38.1 Å². The number of nitrogens with two attached hydrogens (primary N) is 1. The zero-order chi connectivity index (χ0) is 19.6. The number of carbonyl (C=O) groups excluding carboxylic acids is 1. The lowest BCUT2D eigenvalue weighted by molar-refractivity contribution is -0.118. The Hall–Kier alpha value is -3.33. The van der Waals surface area contributed by atoms with Crippen molar-refractivity contribution in [1.29, 1.82) is 0 Å². The fourth-order valence-corrected chi connectivity index (χ4v) is 2.12. The van der Waals surface area contributed by atoms with E-state index < -0.39 is 0 Å². The van der Waals surface area contributed by atoms with Gasteiger partial charge in [0, 0.05) is 5.69 Å². The number of ether oxygens (including phenoxy) is 3. The number of hydrogen-bond donors (Lipinski definition) is 3. The maximum atomic E-state index is 12.1. The fourth-order valence-electron chi connectivity index (χ4n) is 2.07. The number of anilines is 1. The lowest BCUT2D eigenvalue weighted by Gasteiger charge is -2.11. The molecule has 0 bridgehead atoms. The van der Waals surface area contributed by atoms with Gasteiger partial charge in [0.2, 0.25) is 0 Å². The van der Waals surface area contributed by atoms with Gasteiger partial charge in [-0.25, -0.2) is 0 Å². The van der Waals surface area contributed by atoms with Gasteiger partial charge in [0.25, 0.3) is 5.91 Å². The summed E-state index contributed by atoms with van der Waals surface area (Å²) < 4.78 is 15.9. The number of nitrogens with one attached hydrogen (secondary N) is 2. The first kappa shape index (κ1) is 20.0. The molecule has 0 aromatic heterocycles. The maximum Gasteiger partial charge on any atom is 0.262 e. The summed E-state index contributed by atoms with van der Waals surface area (Å²) in [4.78, 5) is 12.1. The lowest BCUT2D eigenvalue weighted by atomic mass is 10.2. The minimum absolute atomic E-state index is 0.0704. The number of rotatable bonds is 8. The van der Waals surface area contributed by atoms with E-state index in [9.17, 15) is 4.79 Å². The SMILES string of the molecule is COc1ccc(NC(=O)COc2ccc(C=NNC(N)=S)cc2OC)cc1. The van der Waals surface area contributed by atoms with Crippen molar-refractivity contribution < 1.29 is 19.0 Å². The van der Waals surface area contributed by atoms with E-state index in [-0.39, 0.29) is 17.6 Å². The van der Waals surface area contributed by atoms with Crippen molar-refractivity contribution in [2.24, 2.45) is 10.8 Å². The number of benzene rings is 2. The summed E-state index contributed by atoms with van der Waals surface area (Å²) in [5.41, 5.74) is 9.14. The molecule has 0 saturated carbocycles. The average molecular weight is 388 g/mol. The molecule has 9 heteroatoms. The first-order valence-corrected chi connectivity index (χ1v) is 8.26. The molecule has 8 nitrogen and oxygen atoms in total. The quantitative estimate of drug-likeness (QED) is 0.360. The molecule has 0 atom stereocenters. The molecule has 2 rings (SSSR count). The van der Waals surface area contributed by atoms with Crippen LogP contribution in [0.4, 0.5) is 5.69 Å². The minimum atomic E-state index is -0.298. The predicted octanol–water partition coefficient (Wildman–Crippen LogP) is 1.89. The van der Waals surface area contributed by atoms with Gasteiger partial charge in [-0.15, -0.1) is 0 Å². The molecule has 2 aromatic rings. The summed E-state index contributed by atoms with van der Waals surface area (Å²) in [7, 11) is 3.09. The highest BCUT2D eigenvalue weighted by molar-refractivity contribution is 7.80. The van der Waals surface area contributed by atoms with Crippen molar-refractivity contribution >= 4 is 35.1 Å². The Balaban J connectivity index is 1.94. The predicted molar refractivity (Wildman–Crippen MR) is 108 cm³/mol. The van der Waals surface area contributed by atoms with Crippen LogP contribution in [0.5, 0.6) is 17.2 Å². The van der Waals surface area contributed by atoms with E-state index in [0.29, 0.717) is 22.9 Å². The summed E-state index contributed by atoms with van der Waals surface area (Å²) >= 11 is 4.66.